The largest absolute Gasteiger partial charge is 0.311 e. The van der Waals surface area contributed by atoms with Crippen molar-refractivity contribution in [1.29, 1.82) is 0 Å². The number of hydrogen-bond acceptors (Lipinski definition) is 4. The number of hydrogen-bond donors (Lipinski definition) is 1. The van der Waals surface area contributed by atoms with Gasteiger partial charge in [0.1, 0.15) is 0 Å². The summed E-state index contributed by atoms with van der Waals surface area (Å²) in [6, 6.07) is 7.34. The third-order valence-electron chi connectivity index (χ3n) is 3.44. The fourth-order valence-electron chi connectivity index (χ4n) is 1.80. The van der Waals surface area contributed by atoms with Crippen LogP contribution in [0.2, 0.25) is 0 Å². The summed E-state index contributed by atoms with van der Waals surface area (Å²) in [4.78, 5) is 12.6. The maximum atomic E-state index is 10.7. The number of likely N-dealkylation sites (N-methyl/N-ethyl adjacent to an activating group) is 1. The van der Waals surface area contributed by atoms with Gasteiger partial charge in [0.05, 0.1) is 4.92 Å². The lowest BCUT2D eigenvalue weighted by Gasteiger charge is -2.23. The van der Waals surface area contributed by atoms with Crippen LogP contribution in [-0.2, 0) is 6.54 Å². The Morgan fingerprint density at radius 2 is 2.21 bits per heavy atom. The maximum absolute atomic E-state index is 10.7. The van der Waals surface area contributed by atoms with Gasteiger partial charge in [0.15, 0.2) is 0 Å². The number of non-ortho nitro benzene ring substituents is 1. The summed E-state index contributed by atoms with van der Waals surface area (Å²) in [5.41, 5.74) is 1.09. The van der Waals surface area contributed by atoms with Crippen LogP contribution in [-0.4, -0.2) is 36.0 Å². The van der Waals surface area contributed by atoms with Crippen molar-refractivity contribution >= 4 is 5.69 Å². The highest BCUT2D eigenvalue weighted by atomic mass is 16.6. The molecular formula is C14H23N3O2. The predicted molar refractivity (Wildman–Crippen MR) is 77.2 cm³/mol. The average Bonchev–Trinajstić information content (AvgIpc) is 2.42. The molecule has 5 heteroatoms. The van der Waals surface area contributed by atoms with E-state index < -0.39 is 0 Å². The predicted octanol–water partition coefficient (Wildman–Crippen LogP) is 2.41. The molecule has 0 saturated heterocycles. The van der Waals surface area contributed by atoms with Gasteiger partial charge in [-0.15, -0.1) is 0 Å². The van der Waals surface area contributed by atoms with Crippen LogP contribution in [0, 0.1) is 10.1 Å². The summed E-state index contributed by atoms with van der Waals surface area (Å²) < 4.78 is 0. The smallest absolute Gasteiger partial charge is 0.269 e. The van der Waals surface area contributed by atoms with Crippen molar-refractivity contribution < 1.29 is 4.92 Å². The van der Waals surface area contributed by atoms with Crippen LogP contribution < -0.4 is 5.32 Å². The molecule has 1 rings (SSSR count). The Labute approximate surface area is 114 Å². The number of nitrogens with zero attached hydrogens (tertiary/aromatic N) is 2. The van der Waals surface area contributed by atoms with Gasteiger partial charge < -0.3 is 10.2 Å². The molecule has 1 atom stereocenters. The van der Waals surface area contributed by atoms with E-state index >= 15 is 0 Å². The first-order valence-electron chi connectivity index (χ1n) is 6.69. The molecule has 19 heavy (non-hydrogen) atoms. The molecule has 0 aromatic heterocycles. The van der Waals surface area contributed by atoms with Crippen molar-refractivity contribution in [3.8, 4) is 0 Å². The minimum absolute atomic E-state index is 0.149. The van der Waals surface area contributed by atoms with Crippen LogP contribution in [0.4, 0.5) is 5.69 Å². The van der Waals surface area contributed by atoms with E-state index in [1.165, 1.54) is 6.07 Å². The Morgan fingerprint density at radius 3 is 2.84 bits per heavy atom. The van der Waals surface area contributed by atoms with E-state index in [-0.39, 0.29) is 10.6 Å². The molecule has 0 bridgehead atoms. The van der Waals surface area contributed by atoms with Gasteiger partial charge in [0.25, 0.3) is 5.69 Å². The molecule has 0 fully saturated rings. The van der Waals surface area contributed by atoms with Gasteiger partial charge in [-0.3, -0.25) is 10.1 Å². The van der Waals surface area contributed by atoms with Crippen molar-refractivity contribution in [3.63, 3.8) is 0 Å². The molecule has 0 heterocycles. The van der Waals surface area contributed by atoms with E-state index in [0.29, 0.717) is 12.6 Å². The first-order chi connectivity index (χ1) is 9.04. The second kappa shape index (κ2) is 7.86. The molecule has 0 amide bonds. The summed E-state index contributed by atoms with van der Waals surface area (Å²) in [5.74, 6) is 0. The van der Waals surface area contributed by atoms with Crippen LogP contribution >= 0.6 is 0 Å². The minimum atomic E-state index is -0.361. The van der Waals surface area contributed by atoms with E-state index in [1.54, 1.807) is 12.1 Å². The third-order valence-corrected chi connectivity index (χ3v) is 3.44. The van der Waals surface area contributed by atoms with E-state index in [2.05, 4.69) is 31.1 Å². The van der Waals surface area contributed by atoms with Crippen LogP contribution in [0.15, 0.2) is 24.3 Å². The molecule has 106 valence electrons. The highest BCUT2D eigenvalue weighted by Crippen LogP contribution is 2.12. The number of benzene rings is 1. The lowest BCUT2D eigenvalue weighted by molar-refractivity contribution is -0.384. The zero-order chi connectivity index (χ0) is 14.3. The van der Waals surface area contributed by atoms with Gasteiger partial charge in [0.2, 0.25) is 0 Å². The summed E-state index contributed by atoms with van der Waals surface area (Å²) in [7, 11) is 2.11. The normalized spacial score (nSPS) is 12.6. The van der Waals surface area contributed by atoms with Gasteiger partial charge >= 0.3 is 0 Å². The molecule has 1 unspecified atom stereocenters. The van der Waals surface area contributed by atoms with Gasteiger partial charge in [-0.25, -0.2) is 0 Å². The summed E-state index contributed by atoms with van der Waals surface area (Å²) in [5, 5.41) is 14.0. The second-order valence-electron chi connectivity index (χ2n) is 4.84. The van der Waals surface area contributed by atoms with Crippen LogP contribution in [0.25, 0.3) is 0 Å². The number of nitro benzene ring substituents is 1. The molecule has 0 radical (unpaired) electrons. The quantitative estimate of drug-likeness (QED) is 0.445. The molecule has 0 aliphatic heterocycles. The molecular weight excluding hydrogens is 242 g/mol. The van der Waals surface area contributed by atoms with Crippen LogP contribution in [0.3, 0.4) is 0 Å². The zero-order valence-corrected chi connectivity index (χ0v) is 11.9. The average molecular weight is 265 g/mol. The fourth-order valence-corrected chi connectivity index (χ4v) is 1.80. The van der Waals surface area contributed by atoms with Crippen molar-refractivity contribution in [3.05, 3.63) is 39.9 Å². The number of nitro groups is 1. The van der Waals surface area contributed by atoms with Gasteiger partial charge in [-0.2, -0.15) is 0 Å². The highest BCUT2D eigenvalue weighted by molar-refractivity contribution is 5.34. The van der Waals surface area contributed by atoms with Gasteiger partial charge in [-0.1, -0.05) is 19.1 Å². The molecule has 0 saturated carbocycles. The lowest BCUT2D eigenvalue weighted by Crippen LogP contribution is -2.34. The Bertz CT molecular complexity index is 409. The highest BCUT2D eigenvalue weighted by Gasteiger charge is 2.07. The second-order valence-corrected chi connectivity index (χ2v) is 4.84. The molecule has 0 aliphatic rings. The summed E-state index contributed by atoms with van der Waals surface area (Å²) in [6.07, 6.45) is 1.14. The number of rotatable bonds is 8. The molecule has 0 spiro atoms. The fraction of sp³-hybridized carbons (Fsp3) is 0.571. The summed E-state index contributed by atoms with van der Waals surface area (Å²) >= 11 is 0. The van der Waals surface area contributed by atoms with E-state index in [4.69, 9.17) is 0 Å². The van der Waals surface area contributed by atoms with Crippen molar-refractivity contribution in [2.75, 3.05) is 20.1 Å². The summed E-state index contributed by atoms with van der Waals surface area (Å²) in [6.45, 7) is 6.90. The third kappa shape index (κ3) is 5.36. The Hall–Kier alpha value is -1.46. The molecule has 0 aliphatic carbocycles. The van der Waals surface area contributed by atoms with E-state index in [0.717, 1.165) is 25.1 Å². The first kappa shape index (κ1) is 15.6. The lowest BCUT2D eigenvalue weighted by atomic mass is 10.2. The topological polar surface area (TPSA) is 58.4 Å². The van der Waals surface area contributed by atoms with Crippen LogP contribution in [0.1, 0.15) is 25.8 Å². The van der Waals surface area contributed by atoms with Crippen molar-refractivity contribution in [2.24, 2.45) is 0 Å². The molecule has 5 nitrogen and oxygen atoms in total. The van der Waals surface area contributed by atoms with Gasteiger partial charge in [-0.05, 0) is 26.0 Å². The van der Waals surface area contributed by atoms with Crippen molar-refractivity contribution in [1.82, 2.24) is 10.2 Å². The molecule has 1 N–H and O–H groups in total. The monoisotopic (exact) mass is 265 g/mol. The standard InChI is InChI=1S/C14H23N3O2/c1-4-12(2)16(3)9-8-15-11-13-6-5-7-14(10-13)17(18)19/h5-7,10,12,15H,4,8-9,11H2,1-3H3. The van der Waals surface area contributed by atoms with E-state index in [9.17, 15) is 10.1 Å². The Morgan fingerprint density at radius 1 is 1.47 bits per heavy atom. The minimum Gasteiger partial charge on any atom is -0.311 e. The molecule has 1 aromatic carbocycles. The zero-order valence-electron chi connectivity index (χ0n) is 11.9. The van der Waals surface area contributed by atoms with Gasteiger partial charge in [0, 0.05) is 37.8 Å². The Balaban J connectivity index is 2.33. The SMILES string of the molecule is CCC(C)N(C)CCNCc1cccc([N+](=O)[O-])c1. The number of nitrogens with one attached hydrogen (secondary N) is 1. The first-order valence-corrected chi connectivity index (χ1v) is 6.69. The van der Waals surface area contributed by atoms with Crippen molar-refractivity contribution in [2.45, 2.75) is 32.9 Å². The van der Waals surface area contributed by atoms with E-state index in [1.807, 2.05) is 6.07 Å². The Kier molecular flexibility index (Phi) is 6.45. The van der Waals surface area contributed by atoms with Crippen LogP contribution in [0.5, 0.6) is 0 Å². The maximum Gasteiger partial charge on any atom is 0.269 e. The molecule has 1 aromatic rings.